The molecule has 0 aliphatic rings. The number of halogens is 1. The lowest BCUT2D eigenvalue weighted by atomic mass is 10.2. The van der Waals surface area contributed by atoms with Crippen LogP contribution in [0.2, 0.25) is 0 Å². The van der Waals surface area contributed by atoms with E-state index in [0.29, 0.717) is 11.3 Å². The fraction of sp³-hybridized carbons (Fsp3) is 0. The number of nitrogens with one attached hydrogen (secondary N) is 1. The average Bonchev–Trinajstić information content (AvgIpc) is 2.83. The number of fused-ring (bicyclic) bond motifs is 1. The van der Waals surface area contributed by atoms with Gasteiger partial charge in [-0.15, -0.1) is 11.3 Å². The maximum Gasteiger partial charge on any atom is 0.259 e. The number of hydrogen-bond acceptors (Lipinski definition) is 4. The third-order valence-corrected chi connectivity index (χ3v) is 3.11. The zero-order valence-corrected chi connectivity index (χ0v) is 9.29. The second-order valence-corrected chi connectivity index (χ2v) is 4.33. The minimum Gasteiger partial charge on any atom is -0.305 e. The Morgan fingerprint density at radius 3 is 3.00 bits per heavy atom. The maximum absolute atomic E-state index is 13.0. The van der Waals surface area contributed by atoms with Gasteiger partial charge in [-0.2, -0.15) is 0 Å². The van der Waals surface area contributed by atoms with Gasteiger partial charge in [-0.1, -0.05) is 0 Å². The molecule has 3 rings (SSSR count). The Kier molecular flexibility index (Phi) is 2.22. The Hall–Kier alpha value is -2.08. The fourth-order valence-electron chi connectivity index (χ4n) is 1.56. The summed E-state index contributed by atoms with van der Waals surface area (Å²) in [5.74, 6) is 0.00643. The van der Waals surface area contributed by atoms with Crippen molar-refractivity contribution in [1.29, 1.82) is 0 Å². The molecule has 1 aromatic carbocycles. The summed E-state index contributed by atoms with van der Waals surface area (Å²) in [6.45, 7) is 0. The van der Waals surface area contributed by atoms with Crippen LogP contribution in [0.3, 0.4) is 0 Å². The first-order valence-corrected chi connectivity index (χ1v) is 5.70. The van der Waals surface area contributed by atoms with Gasteiger partial charge in [0.1, 0.15) is 5.82 Å². The summed E-state index contributed by atoms with van der Waals surface area (Å²) in [6.07, 6.45) is 1.62. The number of H-pyrrole nitrogens is 1. The molecule has 84 valence electrons. The SMILES string of the molecule is O=c1[nH]c(-c2cncs2)nc2ccc(F)cc12. The number of aromatic amines is 1. The monoisotopic (exact) mass is 247 g/mol. The molecule has 4 nitrogen and oxygen atoms in total. The third-order valence-electron chi connectivity index (χ3n) is 2.33. The van der Waals surface area contributed by atoms with Crippen LogP contribution < -0.4 is 5.56 Å². The molecule has 2 aromatic heterocycles. The topological polar surface area (TPSA) is 58.6 Å². The Labute approximate surface area is 98.8 Å². The first-order valence-electron chi connectivity index (χ1n) is 4.82. The third kappa shape index (κ3) is 1.72. The number of nitrogens with zero attached hydrogens (tertiary/aromatic N) is 2. The predicted molar refractivity (Wildman–Crippen MR) is 63.4 cm³/mol. The van der Waals surface area contributed by atoms with Gasteiger partial charge in [-0.3, -0.25) is 9.78 Å². The molecule has 2 heterocycles. The molecule has 0 aliphatic heterocycles. The van der Waals surface area contributed by atoms with Crippen molar-refractivity contribution in [1.82, 2.24) is 15.0 Å². The second-order valence-electron chi connectivity index (χ2n) is 3.44. The molecule has 1 N–H and O–H groups in total. The highest BCUT2D eigenvalue weighted by Crippen LogP contribution is 2.19. The zero-order valence-electron chi connectivity index (χ0n) is 8.48. The molecule has 0 aliphatic carbocycles. The summed E-state index contributed by atoms with van der Waals surface area (Å²) in [4.78, 5) is 23.3. The van der Waals surface area contributed by atoms with E-state index >= 15 is 0 Å². The van der Waals surface area contributed by atoms with Crippen LogP contribution in [-0.4, -0.2) is 15.0 Å². The Morgan fingerprint density at radius 2 is 2.24 bits per heavy atom. The van der Waals surface area contributed by atoms with Gasteiger partial charge < -0.3 is 4.98 Å². The minimum atomic E-state index is -0.449. The van der Waals surface area contributed by atoms with Crippen LogP contribution in [-0.2, 0) is 0 Å². The minimum absolute atomic E-state index is 0.248. The first kappa shape index (κ1) is 10.1. The molecule has 0 bridgehead atoms. The number of rotatable bonds is 1. The van der Waals surface area contributed by atoms with Crippen molar-refractivity contribution in [3.8, 4) is 10.7 Å². The van der Waals surface area contributed by atoms with Crippen LogP contribution in [0.4, 0.5) is 4.39 Å². The molecule has 0 fully saturated rings. The molecule has 0 atom stereocenters. The van der Waals surface area contributed by atoms with E-state index in [1.807, 2.05) is 0 Å². The van der Waals surface area contributed by atoms with Crippen molar-refractivity contribution in [2.75, 3.05) is 0 Å². The molecule has 3 aromatic rings. The predicted octanol–water partition coefficient (Wildman–Crippen LogP) is 2.19. The van der Waals surface area contributed by atoms with Crippen LogP contribution >= 0.6 is 11.3 Å². The molecule has 0 unspecified atom stereocenters. The van der Waals surface area contributed by atoms with Gasteiger partial charge in [0.2, 0.25) is 0 Å². The highest BCUT2D eigenvalue weighted by molar-refractivity contribution is 7.13. The van der Waals surface area contributed by atoms with Gasteiger partial charge in [0.15, 0.2) is 5.82 Å². The van der Waals surface area contributed by atoms with Crippen LogP contribution in [0.1, 0.15) is 0 Å². The summed E-state index contributed by atoms with van der Waals surface area (Å²) in [5, 5.41) is 0.248. The van der Waals surface area contributed by atoms with Crippen LogP contribution in [0.15, 0.2) is 34.7 Å². The van der Waals surface area contributed by atoms with Crippen molar-refractivity contribution in [3.05, 3.63) is 46.1 Å². The molecule has 0 spiro atoms. The molecule has 0 amide bonds. The summed E-state index contributed by atoms with van der Waals surface area (Å²) in [5.41, 5.74) is 1.78. The lowest BCUT2D eigenvalue weighted by Gasteiger charge is -2.00. The van der Waals surface area contributed by atoms with E-state index in [-0.39, 0.29) is 10.9 Å². The van der Waals surface area contributed by atoms with Gasteiger partial charge in [-0.05, 0) is 18.2 Å². The van der Waals surface area contributed by atoms with E-state index in [0.717, 1.165) is 4.88 Å². The Morgan fingerprint density at radius 1 is 1.35 bits per heavy atom. The normalized spacial score (nSPS) is 10.9. The smallest absolute Gasteiger partial charge is 0.259 e. The van der Waals surface area contributed by atoms with E-state index in [4.69, 9.17) is 0 Å². The van der Waals surface area contributed by atoms with E-state index < -0.39 is 5.82 Å². The second kappa shape index (κ2) is 3.74. The number of hydrogen-bond donors (Lipinski definition) is 1. The molecule has 0 saturated heterocycles. The van der Waals surface area contributed by atoms with Gasteiger partial charge >= 0.3 is 0 Å². The quantitative estimate of drug-likeness (QED) is 0.717. The molecule has 0 radical (unpaired) electrons. The number of thiazole rings is 1. The van der Waals surface area contributed by atoms with Gasteiger partial charge in [0.25, 0.3) is 5.56 Å². The van der Waals surface area contributed by atoms with Gasteiger partial charge in [0.05, 0.1) is 21.3 Å². The van der Waals surface area contributed by atoms with Crippen LogP contribution in [0, 0.1) is 5.82 Å². The molecule has 0 saturated carbocycles. The van der Waals surface area contributed by atoms with E-state index in [1.54, 1.807) is 11.7 Å². The standard InChI is InChI=1S/C11H6FN3OS/c12-6-1-2-8-7(3-6)11(16)15-10(14-8)9-4-13-5-17-9/h1-5H,(H,14,15,16). The van der Waals surface area contributed by atoms with Crippen molar-refractivity contribution < 1.29 is 4.39 Å². The van der Waals surface area contributed by atoms with Gasteiger partial charge in [-0.25, -0.2) is 9.37 Å². The summed E-state index contributed by atoms with van der Waals surface area (Å²) in [6, 6.07) is 3.95. The largest absolute Gasteiger partial charge is 0.305 e. The molecular formula is C11H6FN3OS. The Bertz CT molecular complexity index is 736. The molecule has 17 heavy (non-hydrogen) atoms. The van der Waals surface area contributed by atoms with Crippen LogP contribution in [0.5, 0.6) is 0 Å². The van der Waals surface area contributed by atoms with E-state index in [9.17, 15) is 9.18 Å². The highest BCUT2D eigenvalue weighted by atomic mass is 32.1. The van der Waals surface area contributed by atoms with Crippen molar-refractivity contribution >= 4 is 22.2 Å². The molecular weight excluding hydrogens is 241 g/mol. The van der Waals surface area contributed by atoms with Crippen molar-refractivity contribution in [2.45, 2.75) is 0 Å². The van der Waals surface area contributed by atoms with Crippen LogP contribution in [0.25, 0.3) is 21.6 Å². The summed E-state index contributed by atoms with van der Waals surface area (Å²) in [7, 11) is 0. The maximum atomic E-state index is 13.0. The lowest BCUT2D eigenvalue weighted by Crippen LogP contribution is -2.09. The zero-order chi connectivity index (χ0) is 11.8. The molecule has 6 heteroatoms. The lowest BCUT2D eigenvalue weighted by molar-refractivity contribution is 0.629. The Balaban J connectivity index is 2.32. The highest BCUT2D eigenvalue weighted by Gasteiger charge is 2.07. The fourth-order valence-corrected chi connectivity index (χ4v) is 2.13. The summed E-state index contributed by atoms with van der Waals surface area (Å²) < 4.78 is 13.0. The van der Waals surface area contributed by atoms with E-state index in [1.165, 1.54) is 29.5 Å². The van der Waals surface area contributed by atoms with Gasteiger partial charge in [0, 0.05) is 6.20 Å². The van der Waals surface area contributed by atoms with E-state index in [2.05, 4.69) is 15.0 Å². The first-order chi connectivity index (χ1) is 8.24. The number of benzene rings is 1. The average molecular weight is 247 g/mol. The number of aromatic nitrogens is 3. The van der Waals surface area contributed by atoms with Crippen molar-refractivity contribution in [2.24, 2.45) is 0 Å². The summed E-state index contributed by atoms with van der Waals surface area (Å²) >= 11 is 1.38. The van der Waals surface area contributed by atoms with Crippen molar-refractivity contribution in [3.63, 3.8) is 0 Å².